The number of para-hydroxylation sites is 2. The fourth-order valence-electron chi connectivity index (χ4n) is 2.25. The van der Waals surface area contributed by atoms with E-state index in [1.165, 1.54) is 14.2 Å². The molecule has 6 nitrogen and oxygen atoms in total. The molecule has 0 amide bonds. The van der Waals surface area contributed by atoms with Gasteiger partial charge in [-0.15, -0.1) is 0 Å². The van der Waals surface area contributed by atoms with E-state index >= 15 is 0 Å². The Kier molecular flexibility index (Phi) is 3.42. The Labute approximate surface area is 126 Å². The number of benzene rings is 2. The zero-order valence-corrected chi connectivity index (χ0v) is 12.1. The van der Waals surface area contributed by atoms with Gasteiger partial charge in [-0.3, -0.25) is 0 Å². The molecule has 2 N–H and O–H groups in total. The summed E-state index contributed by atoms with van der Waals surface area (Å²) in [5.74, 6) is 0.389. The van der Waals surface area contributed by atoms with Gasteiger partial charge in [0.1, 0.15) is 11.3 Å². The van der Waals surface area contributed by atoms with Crippen molar-refractivity contribution in [3.63, 3.8) is 0 Å². The van der Waals surface area contributed by atoms with Crippen LogP contribution in [0.5, 0.6) is 5.75 Å². The van der Waals surface area contributed by atoms with Gasteiger partial charge >= 0.3 is 5.97 Å². The standard InChI is InChI=1S/C16H14N2O4/c1-20-11-7-3-5-9(13(11)17)15-18-14-10(16(19)21-2)6-4-8-12(14)22-15/h3-8H,17H2,1-2H3. The van der Waals surface area contributed by atoms with Crippen LogP contribution < -0.4 is 10.5 Å². The van der Waals surface area contributed by atoms with E-state index in [9.17, 15) is 4.79 Å². The number of esters is 1. The lowest BCUT2D eigenvalue weighted by atomic mass is 10.1. The number of oxazole rings is 1. The number of rotatable bonds is 3. The predicted molar refractivity (Wildman–Crippen MR) is 81.7 cm³/mol. The first-order chi connectivity index (χ1) is 10.7. The molecular weight excluding hydrogens is 284 g/mol. The Morgan fingerprint density at radius 2 is 1.95 bits per heavy atom. The Hall–Kier alpha value is -3.02. The summed E-state index contributed by atoms with van der Waals surface area (Å²) in [5.41, 5.74) is 8.35. The van der Waals surface area contributed by atoms with Crippen molar-refractivity contribution in [1.82, 2.24) is 4.98 Å². The number of aromatic nitrogens is 1. The van der Waals surface area contributed by atoms with Crippen molar-refractivity contribution < 1.29 is 18.7 Å². The van der Waals surface area contributed by atoms with E-state index in [1.807, 2.05) is 0 Å². The van der Waals surface area contributed by atoms with E-state index in [2.05, 4.69) is 4.98 Å². The number of hydrogen-bond acceptors (Lipinski definition) is 6. The van der Waals surface area contributed by atoms with Crippen LogP contribution in [-0.4, -0.2) is 25.2 Å². The number of ether oxygens (including phenoxy) is 2. The van der Waals surface area contributed by atoms with Gasteiger partial charge < -0.3 is 19.6 Å². The topological polar surface area (TPSA) is 87.6 Å². The largest absolute Gasteiger partial charge is 0.495 e. The Morgan fingerprint density at radius 3 is 2.68 bits per heavy atom. The number of nitrogens with zero attached hydrogens (tertiary/aromatic N) is 1. The van der Waals surface area contributed by atoms with Gasteiger partial charge in [-0.1, -0.05) is 12.1 Å². The molecule has 1 heterocycles. The van der Waals surface area contributed by atoms with Gasteiger partial charge in [0.2, 0.25) is 5.89 Å². The van der Waals surface area contributed by atoms with Gasteiger partial charge in [0.25, 0.3) is 0 Å². The molecule has 0 spiro atoms. The molecule has 112 valence electrons. The van der Waals surface area contributed by atoms with E-state index in [-0.39, 0.29) is 0 Å². The summed E-state index contributed by atoms with van der Waals surface area (Å²) >= 11 is 0. The normalized spacial score (nSPS) is 10.6. The van der Waals surface area contributed by atoms with Crippen molar-refractivity contribution in [2.75, 3.05) is 20.0 Å². The average Bonchev–Trinajstić information content (AvgIpc) is 2.98. The van der Waals surface area contributed by atoms with Crippen LogP contribution in [-0.2, 0) is 4.74 Å². The number of fused-ring (bicyclic) bond motifs is 1. The third-order valence-electron chi connectivity index (χ3n) is 3.34. The minimum Gasteiger partial charge on any atom is -0.495 e. The van der Waals surface area contributed by atoms with Crippen LogP contribution >= 0.6 is 0 Å². The van der Waals surface area contributed by atoms with Gasteiger partial charge in [0.05, 0.1) is 31.0 Å². The molecule has 6 heteroatoms. The summed E-state index contributed by atoms with van der Waals surface area (Å²) in [7, 11) is 2.86. The van der Waals surface area contributed by atoms with E-state index in [0.29, 0.717) is 39.6 Å². The molecule has 0 saturated carbocycles. The van der Waals surface area contributed by atoms with Crippen LogP contribution in [0, 0.1) is 0 Å². The Bertz CT molecular complexity index is 854. The van der Waals surface area contributed by atoms with E-state index in [0.717, 1.165) is 0 Å². The van der Waals surface area contributed by atoms with Crippen LogP contribution in [0.15, 0.2) is 40.8 Å². The maximum absolute atomic E-state index is 11.8. The highest BCUT2D eigenvalue weighted by atomic mass is 16.5. The van der Waals surface area contributed by atoms with Crippen molar-refractivity contribution in [3.8, 4) is 17.2 Å². The van der Waals surface area contributed by atoms with E-state index < -0.39 is 5.97 Å². The molecule has 22 heavy (non-hydrogen) atoms. The molecule has 0 radical (unpaired) electrons. The van der Waals surface area contributed by atoms with Gasteiger partial charge in [0, 0.05) is 0 Å². The fraction of sp³-hybridized carbons (Fsp3) is 0.125. The fourth-order valence-corrected chi connectivity index (χ4v) is 2.25. The van der Waals surface area contributed by atoms with Crippen LogP contribution in [0.2, 0.25) is 0 Å². The first kappa shape index (κ1) is 13.9. The van der Waals surface area contributed by atoms with Gasteiger partial charge in [-0.2, -0.15) is 0 Å². The summed E-state index contributed by atoms with van der Waals surface area (Å²) in [6, 6.07) is 10.4. The highest BCUT2D eigenvalue weighted by Gasteiger charge is 2.18. The van der Waals surface area contributed by atoms with Crippen LogP contribution in [0.4, 0.5) is 5.69 Å². The molecule has 3 aromatic rings. The lowest BCUT2D eigenvalue weighted by Crippen LogP contribution is -2.01. The number of carbonyl (C=O) groups excluding carboxylic acids is 1. The number of nitrogen functional groups attached to an aromatic ring is 1. The molecule has 0 atom stereocenters. The lowest BCUT2D eigenvalue weighted by Gasteiger charge is -2.06. The highest BCUT2D eigenvalue weighted by Crippen LogP contribution is 2.34. The molecule has 0 saturated heterocycles. The molecule has 0 unspecified atom stereocenters. The summed E-state index contributed by atoms with van der Waals surface area (Å²) in [5, 5.41) is 0. The van der Waals surface area contributed by atoms with Crippen molar-refractivity contribution in [3.05, 3.63) is 42.0 Å². The summed E-state index contributed by atoms with van der Waals surface area (Å²) in [6.45, 7) is 0. The summed E-state index contributed by atoms with van der Waals surface area (Å²) in [4.78, 5) is 16.2. The lowest BCUT2D eigenvalue weighted by molar-refractivity contribution is 0.0603. The number of methoxy groups -OCH3 is 2. The molecule has 0 bridgehead atoms. The van der Waals surface area contributed by atoms with Crippen molar-refractivity contribution in [2.24, 2.45) is 0 Å². The molecule has 0 aliphatic rings. The summed E-state index contributed by atoms with van der Waals surface area (Å²) in [6.07, 6.45) is 0. The Morgan fingerprint density at radius 1 is 1.18 bits per heavy atom. The van der Waals surface area contributed by atoms with Crippen LogP contribution in [0.25, 0.3) is 22.6 Å². The second-order valence-corrected chi connectivity index (χ2v) is 4.58. The Balaban J connectivity index is 2.20. The summed E-state index contributed by atoms with van der Waals surface area (Å²) < 4.78 is 15.7. The van der Waals surface area contributed by atoms with Crippen molar-refractivity contribution in [1.29, 1.82) is 0 Å². The number of hydrogen-bond donors (Lipinski definition) is 1. The molecule has 2 aromatic carbocycles. The smallest absolute Gasteiger partial charge is 0.340 e. The average molecular weight is 298 g/mol. The third kappa shape index (κ3) is 2.14. The number of anilines is 1. The molecule has 0 aliphatic carbocycles. The second kappa shape index (κ2) is 5.40. The zero-order chi connectivity index (χ0) is 15.7. The molecular formula is C16H14N2O4. The van der Waals surface area contributed by atoms with Crippen molar-refractivity contribution in [2.45, 2.75) is 0 Å². The number of nitrogens with two attached hydrogens (primary N) is 1. The molecule has 1 aromatic heterocycles. The molecule has 0 aliphatic heterocycles. The minimum absolute atomic E-state index is 0.322. The first-order valence-corrected chi connectivity index (χ1v) is 6.56. The predicted octanol–water partition coefficient (Wildman–Crippen LogP) is 2.87. The van der Waals surface area contributed by atoms with Gasteiger partial charge in [-0.05, 0) is 24.3 Å². The van der Waals surface area contributed by atoms with Crippen LogP contribution in [0.1, 0.15) is 10.4 Å². The third-order valence-corrected chi connectivity index (χ3v) is 3.34. The van der Waals surface area contributed by atoms with E-state index in [1.54, 1.807) is 36.4 Å². The maximum atomic E-state index is 11.8. The molecule has 3 rings (SSSR count). The SMILES string of the molecule is COC(=O)c1cccc2oc(-c3cccc(OC)c3N)nc12. The van der Waals surface area contributed by atoms with E-state index in [4.69, 9.17) is 19.6 Å². The monoisotopic (exact) mass is 298 g/mol. The minimum atomic E-state index is -0.468. The first-order valence-electron chi connectivity index (χ1n) is 6.56. The van der Waals surface area contributed by atoms with Gasteiger partial charge in [-0.25, -0.2) is 9.78 Å². The quantitative estimate of drug-likeness (QED) is 0.591. The van der Waals surface area contributed by atoms with Crippen LogP contribution in [0.3, 0.4) is 0 Å². The van der Waals surface area contributed by atoms with Gasteiger partial charge in [0.15, 0.2) is 5.58 Å². The number of carbonyl (C=O) groups is 1. The highest BCUT2D eigenvalue weighted by molar-refractivity contribution is 6.02. The second-order valence-electron chi connectivity index (χ2n) is 4.58. The molecule has 0 fully saturated rings. The zero-order valence-electron chi connectivity index (χ0n) is 12.1. The van der Waals surface area contributed by atoms with Crippen molar-refractivity contribution >= 4 is 22.8 Å². The maximum Gasteiger partial charge on any atom is 0.340 e.